The van der Waals surface area contributed by atoms with Crippen molar-refractivity contribution in [2.24, 2.45) is 0 Å². The molecule has 0 amide bonds. The number of rotatable bonds is 7. The van der Waals surface area contributed by atoms with E-state index in [2.05, 4.69) is 9.50 Å². The van der Waals surface area contributed by atoms with Crippen molar-refractivity contribution in [2.75, 3.05) is 21.0 Å². The van der Waals surface area contributed by atoms with E-state index in [9.17, 15) is 26.4 Å². The van der Waals surface area contributed by atoms with E-state index < -0.39 is 33.9 Å². The van der Waals surface area contributed by atoms with Gasteiger partial charge in [0.25, 0.3) is 0 Å². The summed E-state index contributed by atoms with van der Waals surface area (Å²) >= 11 is 0. The van der Waals surface area contributed by atoms with Crippen LogP contribution in [0.3, 0.4) is 0 Å². The highest BCUT2D eigenvalue weighted by Gasteiger charge is 2.50. The van der Waals surface area contributed by atoms with E-state index in [1.165, 1.54) is 7.11 Å². The van der Waals surface area contributed by atoms with E-state index in [1.807, 2.05) is 6.08 Å². The Hall–Kier alpha value is -1.63. The van der Waals surface area contributed by atoms with Crippen LogP contribution in [-0.2, 0) is 33.3 Å². The number of nitrogens with one attached hydrogen (secondary N) is 1. The summed E-state index contributed by atoms with van der Waals surface area (Å²) in [6.07, 6.45) is 5.08. The third-order valence-electron chi connectivity index (χ3n) is 5.26. The van der Waals surface area contributed by atoms with Gasteiger partial charge >= 0.3 is 21.6 Å². The summed E-state index contributed by atoms with van der Waals surface area (Å²) in [6.45, 7) is -0.0417. The van der Waals surface area contributed by atoms with Gasteiger partial charge in [0.05, 0.1) is 18.4 Å². The van der Waals surface area contributed by atoms with Crippen LogP contribution in [0.1, 0.15) is 57.8 Å². The lowest BCUT2D eigenvalue weighted by molar-refractivity contribution is -0.137. The number of esters is 1. The maximum atomic E-state index is 13.0. The maximum Gasteiger partial charge on any atom is 0.523 e. The second kappa shape index (κ2) is 12.0. The topological polar surface area (TPSA) is 100 Å². The number of carbonyl (C=O) groups excluding carboxylic acids is 1. The molecular formula is C20H30F3NO7S. The van der Waals surface area contributed by atoms with Crippen molar-refractivity contribution >= 4 is 16.1 Å². The number of hydrogen-bond acceptors (Lipinski definition) is 8. The van der Waals surface area contributed by atoms with E-state index in [0.29, 0.717) is 24.8 Å². The smallest absolute Gasteiger partial charge is 0.466 e. The van der Waals surface area contributed by atoms with Crippen molar-refractivity contribution in [2.45, 2.75) is 75.6 Å². The van der Waals surface area contributed by atoms with Crippen LogP contribution in [0.15, 0.2) is 22.9 Å². The second-order valence-electron chi connectivity index (χ2n) is 7.58. The molecule has 2 aliphatic rings. The van der Waals surface area contributed by atoms with Crippen molar-refractivity contribution in [3.8, 4) is 0 Å². The second-order valence-corrected chi connectivity index (χ2v) is 9.15. The number of methoxy groups -OCH3 is 2. The zero-order valence-corrected chi connectivity index (χ0v) is 19.0. The molecule has 0 aromatic rings. The average Bonchev–Trinajstić information content (AvgIpc) is 2.68. The first-order valence-corrected chi connectivity index (χ1v) is 11.9. The molecule has 1 N–H and O–H groups in total. The number of ether oxygens (including phenoxy) is 3. The molecule has 1 aliphatic carbocycles. The van der Waals surface area contributed by atoms with Gasteiger partial charge < -0.3 is 19.5 Å². The molecule has 1 aliphatic heterocycles. The molecule has 2 atom stereocenters. The molecule has 0 fully saturated rings. The van der Waals surface area contributed by atoms with Crippen molar-refractivity contribution in [3.63, 3.8) is 0 Å². The zero-order chi connectivity index (χ0) is 23.8. The molecule has 0 aromatic carbocycles. The number of hydrogen-bond donors (Lipinski definition) is 1. The third-order valence-corrected chi connectivity index (χ3v) is 6.31. The normalized spacial score (nSPS) is 23.8. The monoisotopic (exact) mass is 485 g/mol. The van der Waals surface area contributed by atoms with Gasteiger partial charge in [0.1, 0.15) is 19.1 Å². The highest BCUT2D eigenvalue weighted by molar-refractivity contribution is 7.87. The highest BCUT2D eigenvalue weighted by Crippen LogP contribution is 2.34. The lowest BCUT2D eigenvalue weighted by atomic mass is 9.91. The molecule has 1 heterocycles. The molecule has 2 rings (SSSR count). The summed E-state index contributed by atoms with van der Waals surface area (Å²) in [5, 5.41) is 3.08. The van der Waals surface area contributed by atoms with E-state index >= 15 is 0 Å². The van der Waals surface area contributed by atoms with Crippen LogP contribution in [0.25, 0.3) is 0 Å². The fourth-order valence-corrected chi connectivity index (χ4v) is 4.32. The van der Waals surface area contributed by atoms with Gasteiger partial charge in [-0.05, 0) is 50.5 Å². The summed E-state index contributed by atoms with van der Waals surface area (Å²) in [6, 6.07) is 0. The van der Waals surface area contributed by atoms with Gasteiger partial charge in [-0.25, -0.2) is 4.79 Å². The molecule has 32 heavy (non-hydrogen) atoms. The van der Waals surface area contributed by atoms with Crippen LogP contribution in [-0.4, -0.2) is 53.2 Å². The Labute approximate surface area is 186 Å². The summed E-state index contributed by atoms with van der Waals surface area (Å²) < 4.78 is 82.5. The van der Waals surface area contributed by atoms with Gasteiger partial charge in [0, 0.05) is 7.11 Å². The van der Waals surface area contributed by atoms with E-state index in [1.54, 1.807) is 0 Å². The Morgan fingerprint density at radius 1 is 1.12 bits per heavy atom. The minimum Gasteiger partial charge on any atom is -0.466 e. The SMILES string of the molecule is COCOC1CCCC(OS(=O)(=O)C(F)(F)F)C(C(=O)OC)=C(C2=CCCCCCC2)N1. The Kier molecular flexibility index (Phi) is 9.99. The molecule has 2 unspecified atom stereocenters. The lowest BCUT2D eigenvalue weighted by Crippen LogP contribution is -2.40. The first-order chi connectivity index (χ1) is 15.1. The molecule has 0 saturated carbocycles. The first kappa shape index (κ1) is 26.6. The standard InChI is InChI=1S/C20H30F3NO7S/c1-28-13-30-16-12-8-11-15(31-32(26,27)20(21,22)23)17(19(25)29-2)18(24-16)14-9-6-4-3-5-7-10-14/h9,15-16,24H,3-8,10-13H2,1-2H3. The molecule has 8 nitrogen and oxygen atoms in total. The van der Waals surface area contributed by atoms with Gasteiger partial charge in [-0.3, -0.25) is 4.18 Å². The Balaban J connectivity index is 2.59. The summed E-state index contributed by atoms with van der Waals surface area (Å²) in [5.74, 6) is -0.967. The Morgan fingerprint density at radius 3 is 2.50 bits per heavy atom. The molecular weight excluding hydrogens is 455 g/mol. The molecule has 0 radical (unpaired) electrons. The summed E-state index contributed by atoms with van der Waals surface area (Å²) in [5.41, 5.74) is -5.02. The first-order valence-electron chi connectivity index (χ1n) is 10.5. The van der Waals surface area contributed by atoms with Gasteiger partial charge in [-0.1, -0.05) is 18.9 Å². The Bertz CT molecular complexity index is 809. The van der Waals surface area contributed by atoms with Crippen LogP contribution < -0.4 is 5.32 Å². The van der Waals surface area contributed by atoms with Crippen molar-refractivity contribution in [1.82, 2.24) is 5.32 Å². The van der Waals surface area contributed by atoms with E-state index in [0.717, 1.165) is 32.8 Å². The van der Waals surface area contributed by atoms with Crippen LogP contribution in [0, 0.1) is 0 Å². The number of alkyl halides is 3. The van der Waals surface area contributed by atoms with E-state index in [4.69, 9.17) is 14.2 Å². The minimum atomic E-state index is -5.94. The van der Waals surface area contributed by atoms with Gasteiger partial charge in [-0.2, -0.15) is 21.6 Å². The Morgan fingerprint density at radius 2 is 1.84 bits per heavy atom. The van der Waals surface area contributed by atoms with Crippen LogP contribution in [0.2, 0.25) is 0 Å². The minimum absolute atomic E-state index is 0.0417. The van der Waals surface area contributed by atoms with Crippen molar-refractivity contribution < 1.29 is 44.8 Å². The molecule has 0 saturated heterocycles. The summed E-state index contributed by atoms with van der Waals surface area (Å²) in [4.78, 5) is 12.7. The summed E-state index contributed by atoms with van der Waals surface area (Å²) in [7, 11) is -3.41. The average molecular weight is 486 g/mol. The van der Waals surface area contributed by atoms with Crippen molar-refractivity contribution in [1.29, 1.82) is 0 Å². The van der Waals surface area contributed by atoms with Crippen molar-refractivity contribution in [3.05, 3.63) is 22.9 Å². The van der Waals surface area contributed by atoms with E-state index in [-0.39, 0.29) is 30.9 Å². The molecule has 0 bridgehead atoms. The number of halogens is 3. The maximum absolute atomic E-state index is 13.0. The third kappa shape index (κ3) is 7.19. The van der Waals surface area contributed by atoms with Crippen LogP contribution in [0.4, 0.5) is 13.2 Å². The molecule has 12 heteroatoms. The fourth-order valence-electron chi connectivity index (χ4n) is 3.71. The predicted molar refractivity (Wildman–Crippen MR) is 108 cm³/mol. The van der Waals surface area contributed by atoms with Crippen LogP contribution >= 0.6 is 0 Å². The van der Waals surface area contributed by atoms with Gasteiger partial charge in [0.15, 0.2) is 0 Å². The molecule has 0 spiro atoms. The zero-order valence-electron chi connectivity index (χ0n) is 18.2. The molecule has 184 valence electrons. The largest absolute Gasteiger partial charge is 0.523 e. The number of carbonyl (C=O) groups is 1. The quantitative estimate of drug-likeness (QED) is 0.253. The predicted octanol–water partition coefficient (Wildman–Crippen LogP) is 3.65. The van der Waals surface area contributed by atoms with Crippen LogP contribution in [0.5, 0.6) is 0 Å². The van der Waals surface area contributed by atoms with Gasteiger partial charge in [-0.15, -0.1) is 0 Å². The lowest BCUT2D eigenvalue weighted by Gasteiger charge is -2.31. The van der Waals surface area contributed by atoms with Gasteiger partial charge in [0.2, 0.25) is 0 Å². The fraction of sp³-hybridized carbons (Fsp3) is 0.750. The highest BCUT2D eigenvalue weighted by atomic mass is 32.2. The molecule has 0 aromatic heterocycles. The number of allylic oxidation sites excluding steroid dienone is 2.